The van der Waals surface area contributed by atoms with Crippen LogP contribution >= 0.6 is 0 Å². The highest BCUT2D eigenvalue weighted by molar-refractivity contribution is 5.97. The van der Waals surface area contributed by atoms with Crippen molar-refractivity contribution in [1.29, 1.82) is 0 Å². The second kappa shape index (κ2) is 9.87. The SMILES string of the molecule is COc1ccccc1C(=O)NCc1ccc(-c2nn(C3CCOC(C)C3)c(N)c2C=O)cc1. The summed E-state index contributed by atoms with van der Waals surface area (Å²) < 4.78 is 12.6. The van der Waals surface area contributed by atoms with Gasteiger partial charge < -0.3 is 20.5 Å². The molecule has 0 radical (unpaired) electrons. The summed E-state index contributed by atoms with van der Waals surface area (Å²) in [4.78, 5) is 24.3. The molecule has 4 rings (SSSR count). The Bertz CT molecular complexity index is 1140. The minimum atomic E-state index is -0.211. The van der Waals surface area contributed by atoms with E-state index in [-0.39, 0.29) is 18.1 Å². The van der Waals surface area contributed by atoms with E-state index in [2.05, 4.69) is 5.32 Å². The molecule has 2 aromatic carbocycles. The van der Waals surface area contributed by atoms with Crippen LogP contribution in [0, 0.1) is 0 Å². The summed E-state index contributed by atoms with van der Waals surface area (Å²) in [5, 5.41) is 7.60. The molecule has 0 spiro atoms. The van der Waals surface area contributed by atoms with Gasteiger partial charge in [0.05, 0.1) is 30.4 Å². The highest BCUT2D eigenvalue weighted by Gasteiger charge is 2.26. The molecular weight excluding hydrogens is 420 g/mol. The van der Waals surface area contributed by atoms with E-state index >= 15 is 0 Å². The molecular formula is C25H28N4O4. The molecule has 3 N–H and O–H groups in total. The monoisotopic (exact) mass is 448 g/mol. The Labute approximate surface area is 192 Å². The zero-order chi connectivity index (χ0) is 23.4. The molecule has 2 atom stereocenters. The molecule has 8 heteroatoms. The first-order valence-electron chi connectivity index (χ1n) is 11.0. The summed E-state index contributed by atoms with van der Waals surface area (Å²) in [6.07, 6.45) is 2.49. The number of para-hydroxylation sites is 1. The molecule has 8 nitrogen and oxygen atoms in total. The normalized spacial score (nSPS) is 18.0. The zero-order valence-corrected chi connectivity index (χ0v) is 18.8. The average Bonchev–Trinajstić information content (AvgIpc) is 3.18. The molecule has 0 aliphatic carbocycles. The van der Waals surface area contributed by atoms with Crippen LogP contribution in [0.25, 0.3) is 11.3 Å². The van der Waals surface area contributed by atoms with Gasteiger partial charge in [-0.15, -0.1) is 0 Å². The number of amides is 1. The number of benzene rings is 2. The maximum absolute atomic E-state index is 12.5. The summed E-state index contributed by atoms with van der Waals surface area (Å²) in [7, 11) is 1.54. The summed E-state index contributed by atoms with van der Waals surface area (Å²) in [6.45, 7) is 3.03. The number of rotatable bonds is 7. The molecule has 1 aliphatic rings. The lowest BCUT2D eigenvalue weighted by molar-refractivity contribution is 0.00403. The average molecular weight is 449 g/mol. The van der Waals surface area contributed by atoms with Gasteiger partial charge >= 0.3 is 0 Å². The van der Waals surface area contributed by atoms with Crippen LogP contribution in [0.3, 0.4) is 0 Å². The van der Waals surface area contributed by atoms with E-state index in [4.69, 9.17) is 20.3 Å². The molecule has 2 unspecified atom stereocenters. The quantitative estimate of drug-likeness (QED) is 0.535. The summed E-state index contributed by atoms with van der Waals surface area (Å²) >= 11 is 0. The largest absolute Gasteiger partial charge is 0.496 e. The van der Waals surface area contributed by atoms with Gasteiger partial charge in [-0.3, -0.25) is 9.59 Å². The van der Waals surface area contributed by atoms with Crippen LogP contribution in [0.4, 0.5) is 5.82 Å². The van der Waals surface area contributed by atoms with Gasteiger partial charge in [-0.25, -0.2) is 4.68 Å². The summed E-state index contributed by atoms with van der Waals surface area (Å²) in [6, 6.07) is 14.8. The van der Waals surface area contributed by atoms with Crippen LogP contribution in [0.5, 0.6) is 5.75 Å². The van der Waals surface area contributed by atoms with Gasteiger partial charge in [0.15, 0.2) is 6.29 Å². The molecule has 1 amide bonds. The van der Waals surface area contributed by atoms with Crippen molar-refractivity contribution in [3.05, 3.63) is 65.2 Å². The third kappa shape index (κ3) is 4.75. The number of carbonyl (C=O) groups excluding carboxylic acids is 2. The Hall–Kier alpha value is -3.65. The van der Waals surface area contributed by atoms with Crippen molar-refractivity contribution in [2.45, 2.75) is 38.5 Å². The number of aldehydes is 1. The van der Waals surface area contributed by atoms with Gasteiger partial charge in [0.25, 0.3) is 5.91 Å². The predicted octanol–water partition coefficient (Wildman–Crippen LogP) is 3.62. The second-order valence-corrected chi connectivity index (χ2v) is 8.15. The van der Waals surface area contributed by atoms with Crippen molar-refractivity contribution in [3.63, 3.8) is 0 Å². The van der Waals surface area contributed by atoms with Crippen molar-refractivity contribution >= 4 is 18.0 Å². The van der Waals surface area contributed by atoms with Gasteiger partial charge in [0, 0.05) is 18.7 Å². The van der Waals surface area contributed by atoms with E-state index in [0.717, 1.165) is 30.3 Å². The Morgan fingerprint density at radius 3 is 2.73 bits per heavy atom. The molecule has 3 aromatic rings. The fraction of sp³-hybridized carbons (Fsp3) is 0.320. The second-order valence-electron chi connectivity index (χ2n) is 8.15. The van der Waals surface area contributed by atoms with Gasteiger partial charge in [-0.1, -0.05) is 36.4 Å². The number of hydrogen-bond donors (Lipinski definition) is 2. The van der Waals surface area contributed by atoms with Crippen LogP contribution in [-0.4, -0.2) is 41.8 Å². The number of nitrogens with one attached hydrogen (secondary N) is 1. The zero-order valence-electron chi connectivity index (χ0n) is 18.8. The number of hydrogen-bond acceptors (Lipinski definition) is 6. The number of nitrogen functional groups attached to an aromatic ring is 1. The lowest BCUT2D eigenvalue weighted by Crippen LogP contribution is -2.27. The minimum Gasteiger partial charge on any atom is -0.496 e. The maximum atomic E-state index is 12.5. The lowest BCUT2D eigenvalue weighted by atomic mass is 10.0. The van der Waals surface area contributed by atoms with Crippen LogP contribution in [-0.2, 0) is 11.3 Å². The van der Waals surface area contributed by atoms with Crippen molar-refractivity contribution in [2.75, 3.05) is 19.5 Å². The molecule has 2 heterocycles. The fourth-order valence-corrected chi connectivity index (χ4v) is 4.15. The number of aromatic nitrogens is 2. The highest BCUT2D eigenvalue weighted by Crippen LogP contribution is 2.32. The minimum absolute atomic E-state index is 0.102. The number of nitrogens with two attached hydrogens (primary N) is 1. The first-order chi connectivity index (χ1) is 16.0. The topological polar surface area (TPSA) is 108 Å². The van der Waals surface area contributed by atoms with Gasteiger partial charge in [0.2, 0.25) is 0 Å². The highest BCUT2D eigenvalue weighted by atomic mass is 16.5. The van der Waals surface area contributed by atoms with E-state index in [0.29, 0.717) is 41.5 Å². The van der Waals surface area contributed by atoms with Crippen LogP contribution < -0.4 is 15.8 Å². The standard InChI is InChI=1S/C25H28N4O4/c1-16-13-19(11-12-33-16)29-24(26)21(15-30)23(28-29)18-9-7-17(8-10-18)14-27-25(31)20-5-3-4-6-22(20)32-2/h3-10,15-16,19H,11-14,26H2,1-2H3,(H,27,31). The molecule has 1 saturated heterocycles. The van der Waals surface area contributed by atoms with Crippen LogP contribution in [0.2, 0.25) is 0 Å². The van der Waals surface area contributed by atoms with Crippen molar-refractivity contribution in [3.8, 4) is 17.0 Å². The number of ether oxygens (including phenoxy) is 2. The van der Waals surface area contributed by atoms with Crippen molar-refractivity contribution < 1.29 is 19.1 Å². The van der Waals surface area contributed by atoms with E-state index < -0.39 is 0 Å². The van der Waals surface area contributed by atoms with Gasteiger partial charge in [-0.05, 0) is 37.5 Å². The van der Waals surface area contributed by atoms with Crippen molar-refractivity contribution in [1.82, 2.24) is 15.1 Å². The number of anilines is 1. The molecule has 0 bridgehead atoms. The number of carbonyl (C=O) groups is 2. The Morgan fingerprint density at radius 1 is 1.27 bits per heavy atom. The molecule has 1 aliphatic heterocycles. The Kier molecular flexibility index (Phi) is 6.74. The molecule has 33 heavy (non-hydrogen) atoms. The maximum Gasteiger partial charge on any atom is 0.255 e. The van der Waals surface area contributed by atoms with E-state index in [1.165, 1.54) is 7.11 Å². The fourth-order valence-electron chi connectivity index (χ4n) is 4.15. The van der Waals surface area contributed by atoms with Crippen LogP contribution in [0.15, 0.2) is 48.5 Å². The van der Waals surface area contributed by atoms with Crippen molar-refractivity contribution in [2.24, 2.45) is 0 Å². The number of methoxy groups -OCH3 is 1. The lowest BCUT2D eigenvalue weighted by Gasteiger charge is -2.28. The molecule has 1 fully saturated rings. The Morgan fingerprint density at radius 2 is 2.03 bits per heavy atom. The van der Waals surface area contributed by atoms with Crippen LogP contribution in [0.1, 0.15) is 52.1 Å². The predicted molar refractivity (Wildman–Crippen MR) is 125 cm³/mol. The summed E-state index contributed by atoms with van der Waals surface area (Å²) in [5.74, 6) is 0.697. The van der Waals surface area contributed by atoms with E-state index in [1.807, 2.05) is 37.3 Å². The molecule has 1 aromatic heterocycles. The van der Waals surface area contributed by atoms with Gasteiger partial charge in [-0.2, -0.15) is 5.10 Å². The third-order valence-corrected chi connectivity index (χ3v) is 5.94. The smallest absolute Gasteiger partial charge is 0.255 e. The first-order valence-corrected chi connectivity index (χ1v) is 11.0. The van der Waals surface area contributed by atoms with E-state index in [9.17, 15) is 9.59 Å². The summed E-state index contributed by atoms with van der Waals surface area (Å²) in [5.41, 5.74) is 9.44. The van der Waals surface area contributed by atoms with Gasteiger partial charge in [0.1, 0.15) is 17.3 Å². The van der Waals surface area contributed by atoms with E-state index in [1.54, 1.807) is 22.9 Å². The molecule has 172 valence electrons. The molecule has 0 saturated carbocycles. The number of nitrogens with zero attached hydrogens (tertiary/aromatic N) is 2. The first kappa shape index (κ1) is 22.5. The third-order valence-electron chi connectivity index (χ3n) is 5.94. The Balaban J connectivity index is 1.49.